The molecule has 1 aliphatic rings. The van der Waals surface area contributed by atoms with Gasteiger partial charge >= 0.3 is 0 Å². The molecule has 24 heavy (non-hydrogen) atoms. The molecule has 6 nitrogen and oxygen atoms in total. The number of hydrogen-bond acceptors (Lipinski definition) is 5. The molecule has 1 aromatic carbocycles. The summed E-state index contributed by atoms with van der Waals surface area (Å²) in [5.41, 5.74) is 0.979. The number of aromatic nitrogens is 1. The normalized spacial score (nSPS) is 18.8. The first-order valence-electron chi connectivity index (χ1n) is 7.87. The zero-order chi connectivity index (χ0) is 17.1. The minimum absolute atomic E-state index is 0.194. The van der Waals surface area contributed by atoms with Crippen LogP contribution in [0.15, 0.2) is 42.6 Å². The second kappa shape index (κ2) is 6.78. The van der Waals surface area contributed by atoms with E-state index in [1.54, 1.807) is 12.3 Å². The number of fused-ring (bicyclic) bond motifs is 1. The maximum atomic E-state index is 12.5. The molecule has 2 aromatic rings. The summed E-state index contributed by atoms with van der Waals surface area (Å²) in [4.78, 5) is 18.6. The van der Waals surface area contributed by atoms with Crippen molar-refractivity contribution in [3.8, 4) is 11.5 Å². The molecule has 1 aliphatic heterocycles. The fraction of sp³-hybridized carbons (Fsp3) is 0.333. The Morgan fingerprint density at radius 2 is 1.92 bits per heavy atom. The molecule has 1 N–H and O–H groups in total. The smallest absolute Gasteiger partial charge is 0.265 e. The van der Waals surface area contributed by atoms with Gasteiger partial charge in [-0.05, 0) is 36.8 Å². The zero-order valence-electron chi connectivity index (χ0n) is 14.0. The van der Waals surface area contributed by atoms with E-state index in [9.17, 15) is 4.79 Å². The monoisotopic (exact) mass is 327 g/mol. The van der Waals surface area contributed by atoms with Crippen molar-refractivity contribution in [2.45, 2.75) is 25.7 Å². The Bertz CT molecular complexity index is 733. The highest BCUT2D eigenvalue weighted by Gasteiger charge is 2.33. The molecule has 2 unspecified atom stereocenters. The van der Waals surface area contributed by atoms with Crippen molar-refractivity contribution in [3.05, 3.63) is 48.2 Å². The maximum absolute atomic E-state index is 12.5. The topological polar surface area (TPSA) is 63.7 Å². The van der Waals surface area contributed by atoms with Gasteiger partial charge in [-0.2, -0.15) is 0 Å². The van der Waals surface area contributed by atoms with E-state index in [0.29, 0.717) is 18.0 Å². The number of carbonyl (C=O) groups is 1. The standard InChI is InChI=1S/C18H21N3O3/c1-12-17(24-15-7-5-4-6-14(15)23-12)18(22)20-11-13-8-9-19-16(10-13)21(2)3/h4-10,12,17H,11H2,1-3H3,(H,20,22). The Balaban J connectivity index is 1.64. The van der Waals surface area contributed by atoms with E-state index in [1.165, 1.54) is 0 Å². The van der Waals surface area contributed by atoms with Crippen molar-refractivity contribution in [2.75, 3.05) is 19.0 Å². The van der Waals surface area contributed by atoms with Crippen LogP contribution in [-0.2, 0) is 11.3 Å². The van der Waals surface area contributed by atoms with Crippen molar-refractivity contribution in [1.29, 1.82) is 0 Å². The number of nitrogens with one attached hydrogen (secondary N) is 1. The second-order valence-electron chi connectivity index (χ2n) is 5.94. The number of rotatable bonds is 4. The summed E-state index contributed by atoms with van der Waals surface area (Å²) >= 11 is 0. The number of amides is 1. The maximum Gasteiger partial charge on any atom is 0.265 e. The number of benzene rings is 1. The Labute approximate surface area is 141 Å². The average Bonchev–Trinajstić information content (AvgIpc) is 2.59. The minimum atomic E-state index is -0.671. The summed E-state index contributed by atoms with van der Waals surface area (Å²) in [6.45, 7) is 2.24. The van der Waals surface area contributed by atoms with Crippen LogP contribution >= 0.6 is 0 Å². The molecule has 0 saturated carbocycles. The van der Waals surface area contributed by atoms with Gasteiger partial charge in [0.2, 0.25) is 6.10 Å². The largest absolute Gasteiger partial charge is 0.482 e. The highest BCUT2D eigenvalue weighted by atomic mass is 16.6. The molecule has 126 valence electrons. The van der Waals surface area contributed by atoms with Gasteiger partial charge in [-0.25, -0.2) is 4.98 Å². The highest BCUT2D eigenvalue weighted by Crippen LogP contribution is 2.33. The van der Waals surface area contributed by atoms with Crippen LogP contribution in [-0.4, -0.2) is 37.2 Å². The number of ether oxygens (including phenoxy) is 2. The van der Waals surface area contributed by atoms with Gasteiger partial charge in [0.25, 0.3) is 5.91 Å². The van der Waals surface area contributed by atoms with Gasteiger partial charge in [-0.3, -0.25) is 4.79 Å². The fourth-order valence-electron chi connectivity index (χ4n) is 2.51. The van der Waals surface area contributed by atoms with Gasteiger partial charge < -0.3 is 19.7 Å². The lowest BCUT2D eigenvalue weighted by Gasteiger charge is -2.31. The molecular formula is C18H21N3O3. The number of anilines is 1. The second-order valence-corrected chi connectivity index (χ2v) is 5.94. The zero-order valence-corrected chi connectivity index (χ0v) is 14.0. The molecule has 0 saturated heterocycles. The third-order valence-corrected chi connectivity index (χ3v) is 3.84. The molecule has 6 heteroatoms. The van der Waals surface area contributed by atoms with Gasteiger partial charge in [0.05, 0.1) is 0 Å². The van der Waals surface area contributed by atoms with Crippen LogP contribution in [0.25, 0.3) is 0 Å². The SMILES string of the molecule is CC1Oc2ccccc2OC1C(=O)NCc1ccnc(N(C)C)c1. The summed E-state index contributed by atoms with van der Waals surface area (Å²) in [5.74, 6) is 1.91. The van der Waals surface area contributed by atoms with Crippen molar-refractivity contribution in [2.24, 2.45) is 0 Å². The molecule has 0 radical (unpaired) electrons. The first kappa shape index (κ1) is 16.1. The van der Waals surface area contributed by atoms with Gasteiger partial charge in [-0.1, -0.05) is 12.1 Å². The molecule has 3 rings (SSSR count). The molecule has 2 heterocycles. The Hall–Kier alpha value is -2.76. The van der Waals surface area contributed by atoms with Crippen LogP contribution in [0.1, 0.15) is 12.5 Å². The van der Waals surface area contributed by atoms with Crippen LogP contribution < -0.4 is 19.7 Å². The molecule has 0 fully saturated rings. The van der Waals surface area contributed by atoms with Crippen molar-refractivity contribution in [1.82, 2.24) is 10.3 Å². The fourth-order valence-corrected chi connectivity index (χ4v) is 2.51. The molecule has 1 amide bonds. The van der Waals surface area contributed by atoms with Gasteiger partial charge in [-0.15, -0.1) is 0 Å². The first-order chi connectivity index (χ1) is 11.5. The molecule has 0 spiro atoms. The third kappa shape index (κ3) is 3.42. The lowest BCUT2D eigenvalue weighted by atomic mass is 10.1. The van der Waals surface area contributed by atoms with Crippen molar-refractivity contribution in [3.63, 3.8) is 0 Å². The molecule has 1 aromatic heterocycles. The van der Waals surface area contributed by atoms with Crippen LogP contribution in [0.3, 0.4) is 0 Å². The number of carbonyl (C=O) groups excluding carboxylic acids is 1. The summed E-state index contributed by atoms with van der Waals surface area (Å²) < 4.78 is 11.6. The van der Waals surface area contributed by atoms with E-state index >= 15 is 0 Å². The molecule has 0 bridgehead atoms. The lowest BCUT2D eigenvalue weighted by Crippen LogP contribution is -2.48. The Morgan fingerprint density at radius 1 is 1.21 bits per heavy atom. The van der Waals surface area contributed by atoms with Crippen LogP contribution in [0.4, 0.5) is 5.82 Å². The predicted octanol–water partition coefficient (Wildman–Crippen LogP) is 1.99. The Kier molecular flexibility index (Phi) is 4.55. The summed E-state index contributed by atoms with van der Waals surface area (Å²) in [5, 5.41) is 2.91. The minimum Gasteiger partial charge on any atom is -0.482 e. The predicted molar refractivity (Wildman–Crippen MR) is 91.4 cm³/mol. The van der Waals surface area contributed by atoms with Crippen LogP contribution in [0.2, 0.25) is 0 Å². The van der Waals surface area contributed by atoms with Crippen molar-refractivity contribution >= 4 is 11.7 Å². The quantitative estimate of drug-likeness (QED) is 0.930. The van der Waals surface area contributed by atoms with Crippen molar-refractivity contribution < 1.29 is 14.3 Å². The molecule has 0 aliphatic carbocycles. The van der Waals surface area contributed by atoms with Crippen LogP contribution in [0, 0.1) is 0 Å². The highest BCUT2D eigenvalue weighted by molar-refractivity contribution is 5.82. The van der Waals surface area contributed by atoms with Gasteiger partial charge in [0, 0.05) is 26.8 Å². The summed E-state index contributed by atoms with van der Waals surface area (Å²) in [6, 6.07) is 11.2. The van der Waals surface area contributed by atoms with Gasteiger partial charge in [0.1, 0.15) is 11.9 Å². The van der Waals surface area contributed by atoms with E-state index in [4.69, 9.17) is 9.47 Å². The van der Waals surface area contributed by atoms with E-state index < -0.39 is 6.10 Å². The van der Waals surface area contributed by atoms with E-state index in [0.717, 1.165) is 11.4 Å². The number of nitrogens with zero attached hydrogens (tertiary/aromatic N) is 2. The molecule has 2 atom stereocenters. The lowest BCUT2D eigenvalue weighted by molar-refractivity contribution is -0.133. The summed E-state index contributed by atoms with van der Waals surface area (Å²) in [7, 11) is 3.86. The number of pyridine rings is 1. The number of hydrogen-bond donors (Lipinski definition) is 1. The van der Waals surface area contributed by atoms with Gasteiger partial charge in [0.15, 0.2) is 11.5 Å². The average molecular weight is 327 g/mol. The third-order valence-electron chi connectivity index (χ3n) is 3.84. The van der Waals surface area contributed by atoms with Crippen LogP contribution in [0.5, 0.6) is 11.5 Å². The van der Waals surface area contributed by atoms with E-state index in [2.05, 4.69) is 10.3 Å². The summed E-state index contributed by atoms with van der Waals surface area (Å²) in [6.07, 6.45) is 0.709. The number of para-hydroxylation sites is 2. The van der Waals surface area contributed by atoms with E-state index in [1.807, 2.05) is 56.3 Å². The Morgan fingerprint density at radius 3 is 2.62 bits per heavy atom. The van der Waals surface area contributed by atoms with E-state index in [-0.39, 0.29) is 12.0 Å². The first-order valence-corrected chi connectivity index (χ1v) is 7.87. The molecular weight excluding hydrogens is 306 g/mol.